The van der Waals surface area contributed by atoms with Crippen molar-refractivity contribution in [2.45, 2.75) is 26.7 Å². The normalized spacial score (nSPS) is 15.6. The Bertz CT molecular complexity index is 804. The van der Waals surface area contributed by atoms with E-state index in [1.165, 1.54) is 12.8 Å². The molecule has 1 fully saturated rings. The second-order valence-electron chi connectivity index (χ2n) is 5.21. The summed E-state index contributed by atoms with van der Waals surface area (Å²) in [6.45, 7) is 6.14. The first-order valence-corrected chi connectivity index (χ1v) is 7.69. The van der Waals surface area contributed by atoms with E-state index in [9.17, 15) is 0 Å². The van der Waals surface area contributed by atoms with Gasteiger partial charge in [-0.1, -0.05) is 0 Å². The van der Waals surface area contributed by atoms with E-state index >= 15 is 0 Å². The third kappa shape index (κ3) is 1.67. The molecule has 0 unspecified atom stereocenters. The van der Waals surface area contributed by atoms with Gasteiger partial charge in [-0.2, -0.15) is 0 Å². The summed E-state index contributed by atoms with van der Waals surface area (Å²) in [6.07, 6.45) is 4.16. The molecule has 0 N–H and O–H groups in total. The maximum absolute atomic E-state index is 4.56. The summed E-state index contributed by atoms with van der Waals surface area (Å²) in [4.78, 5) is 21.4. The van der Waals surface area contributed by atoms with Gasteiger partial charge in [-0.15, -0.1) is 11.3 Å². The van der Waals surface area contributed by atoms with E-state index in [2.05, 4.69) is 24.8 Å². The first-order valence-electron chi connectivity index (χ1n) is 6.87. The lowest BCUT2D eigenvalue weighted by molar-refractivity contribution is 0.941. The van der Waals surface area contributed by atoms with Crippen LogP contribution in [0.2, 0.25) is 0 Å². The first-order chi connectivity index (χ1) is 9.74. The smallest absolute Gasteiger partial charge is 0.150 e. The molecule has 3 aromatic heterocycles. The lowest BCUT2D eigenvalue weighted by atomic mass is 10.2. The number of thiophene rings is 1. The van der Waals surface area contributed by atoms with Gasteiger partial charge in [0.25, 0.3) is 0 Å². The molecule has 1 aliphatic heterocycles. The summed E-state index contributed by atoms with van der Waals surface area (Å²) in [5.74, 6) is 1.88. The second-order valence-corrected chi connectivity index (χ2v) is 6.21. The number of rotatable bonds is 1. The standard InChI is InChI=1S/C14H15N5S/c1-8-10-11-12(20-14(10)18-9(2)17-8)13(16-7-15-11)19-5-3-4-6-19/h7H,3-6H2,1-2H3. The van der Waals surface area contributed by atoms with Gasteiger partial charge in [0, 0.05) is 13.1 Å². The first kappa shape index (κ1) is 12.0. The molecule has 0 radical (unpaired) electrons. The predicted octanol–water partition coefficient (Wildman–Crippen LogP) is 2.85. The molecule has 0 amide bonds. The van der Waals surface area contributed by atoms with Gasteiger partial charge in [0.2, 0.25) is 0 Å². The van der Waals surface area contributed by atoms with Crippen molar-refractivity contribution in [3.63, 3.8) is 0 Å². The van der Waals surface area contributed by atoms with E-state index in [-0.39, 0.29) is 0 Å². The van der Waals surface area contributed by atoms with Gasteiger partial charge in [-0.05, 0) is 26.7 Å². The molecule has 102 valence electrons. The predicted molar refractivity (Wildman–Crippen MR) is 81.4 cm³/mol. The molecule has 0 bridgehead atoms. The zero-order chi connectivity index (χ0) is 13.7. The van der Waals surface area contributed by atoms with Gasteiger partial charge >= 0.3 is 0 Å². The number of hydrogen-bond donors (Lipinski definition) is 0. The molecule has 1 saturated heterocycles. The molecule has 20 heavy (non-hydrogen) atoms. The summed E-state index contributed by atoms with van der Waals surface area (Å²) in [5, 5.41) is 1.08. The zero-order valence-electron chi connectivity index (χ0n) is 11.6. The van der Waals surface area contributed by atoms with Crippen molar-refractivity contribution in [2.24, 2.45) is 0 Å². The zero-order valence-corrected chi connectivity index (χ0v) is 12.4. The minimum Gasteiger partial charge on any atom is -0.355 e. The van der Waals surface area contributed by atoms with Gasteiger partial charge in [0.05, 0.1) is 21.3 Å². The number of fused-ring (bicyclic) bond motifs is 3. The molecule has 0 spiro atoms. The van der Waals surface area contributed by atoms with Crippen molar-refractivity contribution in [3.05, 3.63) is 17.8 Å². The van der Waals surface area contributed by atoms with Crippen molar-refractivity contribution < 1.29 is 0 Å². The van der Waals surface area contributed by atoms with Crippen LogP contribution in [0, 0.1) is 13.8 Å². The highest BCUT2D eigenvalue weighted by atomic mass is 32.1. The highest BCUT2D eigenvalue weighted by Gasteiger charge is 2.20. The molecule has 3 aromatic rings. The molecule has 0 aromatic carbocycles. The molecular formula is C14H15N5S. The Balaban J connectivity index is 2.06. The van der Waals surface area contributed by atoms with Crippen molar-refractivity contribution in [3.8, 4) is 0 Å². The lowest BCUT2D eigenvalue weighted by Gasteiger charge is -2.16. The average Bonchev–Trinajstić information content (AvgIpc) is 3.04. The molecular weight excluding hydrogens is 270 g/mol. The Hall–Kier alpha value is -1.82. The van der Waals surface area contributed by atoms with Gasteiger partial charge < -0.3 is 4.90 Å². The van der Waals surface area contributed by atoms with E-state index in [1.54, 1.807) is 17.7 Å². The second kappa shape index (κ2) is 4.34. The highest BCUT2D eigenvalue weighted by Crippen LogP contribution is 2.37. The molecule has 0 saturated carbocycles. The molecule has 0 aliphatic carbocycles. The summed E-state index contributed by atoms with van der Waals surface area (Å²) >= 11 is 1.69. The van der Waals surface area contributed by atoms with Crippen molar-refractivity contribution >= 4 is 37.6 Å². The van der Waals surface area contributed by atoms with Crippen LogP contribution in [-0.2, 0) is 0 Å². The average molecular weight is 285 g/mol. The summed E-state index contributed by atoms with van der Waals surface area (Å²) < 4.78 is 1.15. The van der Waals surface area contributed by atoms with Crippen LogP contribution in [0.1, 0.15) is 24.4 Å². The van der Waals surface area contributed by atoms with E-state index < -0.39 is 0 Å². The van der Waals surface area contributed by atoms with Crippen LogP contribution in [0.5, 0.6) is 0 Å². The Morgan fingerprint density at radius 3 is 2.70 bits per heavy atom. The van der Waals surface area contributed by atoms with Crippen LogP contribution >= 0.6 is 11.3 Å². The van der Waals surface area contributed by atoms with E-state index in [4.69, 9.17) is 0 Å². The third-order valence-corrected chi connectivity index (χ3v) is 4.86. The fraction of sp³-hybridized carbons (Fsp3) is 0.429. The maximum atomic E-state index is 4.56. The van der Waals surface area contributed by atoms with Crippen molar-refractivity contribution in [1.82, 2.24) is 19.9 Å². The van der Waals surface area contributed by atoms with Crippen LogP contribution in [0.25, 0.3) is 20.4 Å². The Labute approximate surface area is 120 Å². The van der Waals surface area contributed by atoms with Crippen LogP contribution in [0.3, 0.4) is 0 Å². The number of hydrogen-bond acceptors (Lipinski definition) is 6. The Morgan fingerprint density at radius 2 is 1.90 bits per heavy atom. The minimum absolute atomic E-state index is 0.817. The monoisotopic (exact) mass is 285 g/mol. The summed E-state index contributed by atoms with van der Waals surface area (Å²) in [6, 6.07) is 0. The SMILES string of the molecule is Cc1nc(C)c2c(n1)sc1c(N3CCCC3)ncnc12. The number of aromatic nitrogens is 4. The van der Waals surface area contributed by atoms with Crippen LogP contribution < -0.4 is 4.90 Å². The molecule has 6 heteroatoms. The van der Waals surface area contributed by atoms with Gasteiger partial charge in [0.15, 0.2) is 0 Å². The number of anilines is 1. The number of aryl methyl sites for hydroxylation is 2. The van der Waals surface area contributed by atoms with E-state index in [1.807, 2.05) is 13.8 Å². The molecule has 0 atom stereocenters. The molecule has 4 heterocycles. The maximum Gasteiger partial charge on any atom is 0.150 e. The van der Waals surface area contributed by atoms with Gasteiger partial charge in [0.1, 0.15) is 22.8 Å². The van der Waals surface area contributed by atoms with E-state index in [0.29, 0.717) is 0 Å². The Kier molecular flexibility index (Phi) is 2.60. The molecule has 4 rings (SSSR count). The fourth-order valence-corrected chi connectivity index (χ4v) is 4.16. The highest BCUT2D eigenvalue weighted by molar-refractivity contribution is 7.26. The van der Waals surface area contributed by atoms with Gasteiger partial charge in [-0.25, -0.2) is 19.9 Å². The summed E-state index contributed by atoms with van der Waals surface area (Å²) in [7, 11) is 0. The van der Waals surface area contributed by atoms with Crippen LogP contribution in [0.15, 0.2) is 6.33 Å². The van der Waals surface area contributed by atoms with E-state index in [0.717, 1.165) is 50.9 Å². The minimum atomic E-state index is 0.817. The number of nitrogens with zero attached hydrogens (tertiary/aromatic N) is 5. The fourth-order valence-electron chi connectivity index (χ4n) is 2.92. The van der Waals surface area contributed by atoms with Crippen molar-refractivity contribution in [1.29, 1.82) is 0 Å². The van der Waals surface area contributed by atoms with Crippen molar-refractivity contribution in [2.75, 3.05) is 18.0 Å². The Morgan fingerprint density at radius 1 is 1.10 bits per heavy atom. The van der Waals surface area contributed by atoms with Gasteiger partial charge in [-0.3, -0.25) is 0 Å². The molecule has 5 nitrogen and oxygen atoms in total. The quantitative estimate of drug-likeness (QED) is 0.688. The van der Waals surface area contributed by atoms with Crippen LogP contribution in [0.4, 0.5) is 5.82 Å². The topological polar surface area (TPSA) is 54.8 Å². The third-order valence-electron chi connectivity index (χ3n) is 3.79. The van der Waals surface area contributed by atoms with Crippen LogP contribution in [-0.4, -0.2) is 33.0 Å². The largest absolute Gasteiger partial charge is 0.355 e. The lowest BCUT2D eigenvalue weighted by Crippen LogP contribution is -2.18. The summed E-state index contributed by atoms with van der Waals surface area (Å²) in [5.41, 5.74) is 2.00. The molecule has 1 aliphatic rings.